The number of allylic oxidation sites excluding steroid dienone is 1. The molecule has 6 unspecified atom stereocenters. The van der Waals surface area contributed by atoms with Crippen LogP contribution in [0.15, 0.2) is 90.1 Å². The van der Waals surface area contributed by atoms with E-state index in [0.717, 1.165) is 76.7 Å². The standard InChI is InChI=1S/C44H54N2O8S/c1-5-23-51-44-41(55-6-2)27-39(45-52-28-31-14-16-33(17-15-31)46(49)50)37-25-32(11-7-9-21-47)36(12-8-10-22-48)42(43(37)44)38-26-35(19-20-40(38)54-44)53-34-18-13-29(3)30(4)24-34/h5,13-20,24-26,32,36,41-43,47-48H,1,6-12,21-23,27-28H2,2-4H3. The number of aliphatic hydroxyl groups excluding tert-OH is 2. The average Bonchev–Trinajstić information content (AvgIpc) is 3.18. The highest BCUT2D eigenvalue weighted by molar-refractivity contribution is 8.00. The molecule has 1 saturated carbocycles. The van der Waals surface area contributed by atoms with E-state index in [0.29, 0.717) is 25.9 Å². The van der Waals surface area contributed by atoms with E-state index in [4.69, 9.17) is 24.2 Å². The predicted octanol–water partition coefficient (Wildman–Crippen LogP) is 9.59. The summed E-state index contributed by atoms with van der Waals surface area (Å²) < 4.78 is 20.7. The van der Waals surface area contributed by atoms with Crippen molar-refractivity contribution in [1.82, 2.24) is 0 Å². The third kappa shape index (κ3) is 8.96. The van der Waals surface area contributed by atoms with Crippen molar-refractivity contribution in [1.29, 1.82) is 0 Å². The second kappa shape index (κ2) is 18.7. The smallest absolute Gasteiger partial charge is 0.269 e. The van der Waals surface area contributed by atoms with E-state index in [9.17, 15) is 20.3 Å². The van der Waals surface area contributed by atoms with Gasteiger partial charge in [0.15, 0.2) is 0 Å². The van der Waals surface area contributed by atoms with Crippen LogP contribution < -0.4 is 9.47 Å². The quantitative estimate of drug-likeness (QED) is 0.0529. The van der Waals surface area contributed by atoms with Gasteiger partial charge in [0.05, 0.1) is 28.4 Å². The molecule has 0 spiro atoms. The Morgan fingerprint density at radius 1 is 1.00 bits per heavy atom. The van der Waals surface area contributed by atoms with Gasteiger partial charge in [0.25, 0.3) is 5.69 Å². The van der Waals surface area contributed by atoms with Crippen molar-refractivity contribution in [3.05, 3.63) is 117 Å². The summed E-state index contributed by atoms with van der Waals surface area (Å²) in [5.74, 6) is 2.11. The molecule has 0 aromatic heterocycles. The Morgan fingerprint density at radius 2 is 1.73 bits per heavy atom. The lowest BCUT2D eigenvalue weighted by atomic mass is 9.56. The minimum absolute atomic E-state index is 0.0249. The third-order valence-corrected chi connectivity index (χ3v) is 12.5. The molecule has 3 aromatic carbocycles. The molecule has 10 nitrogen and oxygen atoms in total. The van der Waals surface area contributed by atoms with Crippen LogP contribution in [-0.2, 0) is 16.2 Å². The molecular formula is C44H54N2O8S. The molecule has 0 amide bonds. The highest BCUT2D eigenvalue weighted by Gasteiger charge is 2.63. The minimum Gasteiger partial charge on any atom is -0.460 e. The van der Waals surface area contributed by atoms with Crippen molar-refractivity contribution in [2.45, 2.75) is 89.3 Å². The van der Waals surface area contributed by atoms with Gasteiger partial charge in [0.1, 0.15) is 23.9 Å². The second-order valence-corrected chi connectivity index (χ2v) is 16.2. The molecule has 294 valence electrons. The molecule has 3 aliphatic rings. The molecule has 11 heteroatoms. The Balaban J connectivity index is 1.48. The molecule has 1 heterocycles. The number of aryl methyl sites for hydroxylation is 2. The number of rotatable bonds is 19. The van der Waals surface area contributed by atoms with E-state index >= 15 is 0 Å². The number of nitro groups is 1. The first kappa shape index (κ1) is 40.5. The van der Waals surface area contributed by atoms with E-state index in [2.05, 4.69) is 51.6 Å². The third-order valence-electron chi connectivity index (χ3n) is 11.3. The number of benzene rings is 3. The molecule has 3 aromatic rings. The molecule has 6 rings (SSSR count). The van der Waals surface area contributed by atoms with Crippen molar-refractivity contribution in [3.63, 3.8) is 0 Å². The van der Waals surface area contributed by atoms with Gasteiger partial charge in [-0.3, -0.25) is 10.1 Å². The number of aliphatic hydroxyl groups is 2. The fourth-order valence-electron chi connectivity index (χ4n) is 8.55. The zero-order valence-electron chi connectivity index (χ0n) is 32.2. The molecule has 2 aliphatic carbocycles. The number of thioether (sulfide) groups is 1. The molecule has 1 aliphatic heterocycles. The summed E-state index contributed by atoms with van der Waals surface area (Å²) in [4.78, 5) is 16.9. The Labute approximate surface area is 328 Å². The monoisotopic (exact) mass is 770 g/mol. The van der Waals surface area contributed by atoms with Gasteiger partial charge in [-0.25, -0.2) is 0 Å². The van der Waals surface area contributed by atoms with Gasteiger partial charge in [-0.1, -0.05) is 43.1 Å². The van der Waals surface area contributed by atoms with Gasteiger partial charge >= 0.3 is 0 Å². The zero-order chi connectivity index (χ0) is 39.0. The van der Waals surface area contributed by atoms with Crippen LogP contribution in [-0.4, -0.2) is 57.5 Å². The van der Waals surface area contributed by atoms with Gasteiger partial charge in [-0.05, 0) is 122 Å². The summed E-state index contributed by atoms with van der Waals surface area (Å²) in [6.07, 6.45) is 9.63. The van der Waals surface area contributed by atoms with E-state index in [1.807, 2.05) is 18.2 Å². The highest BCUT2D eigenvalue weighted by atomic mass is 32.2. The summed E-state index contributed by atoms with van der Waals surface area (Å²) in [5, 5.41) is 35.6. The van der Waals surface area contributed by atoms with Crippen molar-refractivity contribution in [2.24, 2.45) is 22.9 Å². The predicted molar refractivity (Wildman–Crippen MR) is 217 cm³/mol. The van der Waals surface area contributed by atoms with Crippen molar-refractivity contribution >= 4 is 23.2 Å². The van der Waals surface area contributed by atoms with Crippen LogP contribution in [0.3, 0.4) is 0 Å². The Hall–Kier alpha value is -4.16. The lowest BCUT2D eigenvalue weighted by molar-refractivity contribution is -0.384. The molecule has 1 fully saturated rings. The Morgan fingerprint density at radius 3 is 2.42 bits per heavy atom. The van der Waals surface area contributed by atoms with Crippen LogP contribution in [0.5, 0.6) is 17.2 Å². The molecule has 6 atom stereocenters. The Bertz CT molecular complexity index is 1860. The van der Waals surface area contributed by atoms with Crippen LogP contribution in [0.25, 0.3) is 0 Å². The van der Waals surface area contributed by atoms with Crippen LogP contribution in [0.2, 0.25) is 0 Å². The normalized spacial score (nSPS) is 24.6. The van der Waals surface area contributed by atoms with Gasteiger partial charge in [0.2, 0.25) is 5.79 Å². The summed E-state index contributed by atoms with van der Waals surface area (Å²) in [7, 11) is 0. The maximum Gasteiger partial charge on any atom is 0.269 e. The van der Waals surface area contributed by atoms with E-state index in [1.165, 1.54) is 17.7 Å². The number of unbranched alkanes of at least 4 members (excludes halogenated alkanes) is 2. The fourth-order valence-corrected chi connectivity index (χ4v) is 9.73. The van der Waals surface area contributed by atoms with Crippen molar-refractivity contribution in [2.75, 3.05) is 25.6 Å². The summed E-state index contributed by atoms with van der Waals surface area (Å²) in [6, 6.07) is 18.6. The highest BCUT2D eigenvalue weighted by Crippen LogP contribution is 2.62. The number of nitrogens with zero attached hydrogens (tertiary/aromatic N) is 2. The summed E-state index contributed by atoms with van der Waals surface area (Å²) in [6.45, 7) is 11.0. The maximum absolute atomic E-state index is 11.2. The first-order valence-corrected chi connectivity index (χ1v) is 20.6. The van der Waals surface area contributed by atoms with Crippen LogP contribution >= 0.6 is 11.8 Å². The largest absolute Gasteiger partial charge is 0.460 e. The molecular weight excluding hydrogens is 717 g/mol. The van der Waals surface area contributed by atoms with Crippen molar-refractivity contribution < 1.29 is 34.2 Å². The number of ether oxygens (including phenoxy) is 3. The van der Waals surface area contributed by atoms with Gasteiger partial charge in [-0.2, -0.15) is 11.8 Å². The first-order chi connectivity index (χ1) is 26.7. The zero-order valence-corrected chi connectivity index (χ0v) is 33.0. The number of nitro benzene ring substituents is 1. The summed E-state index contributed by atoms with van der Waals surface area (Å²) in [5.41, 5.74) is 6.11. The second-order valence-electron chi connectivity index (χ2n) is 14.7. The van der Waals surface area contributed by atoms with Gasteiger partial charge in [-0.15, -0.1) is 6.58 Å². The maximum atomic E-state index is 11.2. The number of fused-ring (bicyclic) bond motifs is 2. The molecule has 0 bridgehead atoms. The number of hydrogen-bond donors (Lipinski definition) is 2. The average molecular weight is 771 g/mol. The fraction of sp³-hybridized carbons (Fsp3) is 0.477. The minimum atomic E-state index is -1.03. The van der Waals surface area contributed by atoms with E-state index in [-0.39, 0.29) is 54.4 Å². The first-order valence-electron chi connectivity index (χ1n) is 19.5. The number of hydrogen-bond acceptors (Lipinski definition) is 10. The number of oxime groups is 1. The molecule has 55 heavy (non-hydrogen) atoms. The Kier molecular flexibility index (Phi) is 13.7. The van der Waals surface area contributed by atoms with Gasteiger partial charge in [0, 0.05) is 43.2 Å². The SMILES string of the molecule is C=CCOC12Oc3ccc(Oc4ccc(C)c(C)c4)cc3C3C(CCCCO)C(CCCCO)C=C(C(=NOCc4ccc([N+](=O)[O-])cc4)CC1SCC)C32. The summed E-state index contributed by atoms with van der Waals surface area (Å²) >= 11 is 1.79. The van der Waals surface area contributed by atoms with E-state index < -0.39 is 10.7 Å². The van der Waals surface area contributed by atoms with Crippen molar-refractivity contribution in [3.8, 4) is 17.2 Å². The lowest BCUT2D eigenvalue weighted by Crippen LogP contribution is -2.64. The van der Waals surface area contributed by atoms with Gasteiger partial charge < -0.3 is 29.3 Å². The molecule has 0 saturated heterocycles. The molecule has 2 N–H and O–H groups in total. The van der Waals surface area contributed by atoms with E-state index in [1.54, 1.807) is 30.0 Å². The topological polar surface area (TPSA) is 133 Å². The van der Waals surface area contributed by atoms with Crippen LogP contribution in [0.4, 0.5) is 5.69 Å². The number of non-ortho nitro benzene ring substituents is 1. The van der Waals surface area contributed by atoms with Crippen LogP contribution in [0.1, 0.15) is 80.0 Å². The van der Waals surface area contributed by atoms with Crippen LogP contribution in [0, 0.1) is 41.7 Å². The molecule has 0 radical (unpaired) electrons. The lowest BCUT2D eigenvalue weighted by Gasteiger charge is -2.58.